The molecule has 0 fully saturated rings. The highest BCUT2D eigenvalue weighted by Crippen LogP contribution is 2.23. The third-order valence-corrected chi connectivity index (χ3v) is 4.78. The quantitative estimate of drug-likeness (QED) is 0.269. The topological polar surface area (TPSA) is 98.7 Å². The average molecular weight is 304 g/mol. The smallest absolute Gasteiger partial charge is 0.321 e. The fraction of sp³-hybridized carbons (Fsp3) is 0.667. The number of carboxylic acid groups (broad SMARTS) is 2. The van der Waals surface area contributed by atoms with E-state index in [1.165, 1.54) is 21.6 Å². The van der Waals surface area contributed by atoms with E-state index < -0.39 is 24.0 Å². The van der Waals surface area contributed by atoms with Crippen LogP contribution in [0.15, 0.2) is 0 Å². The fourth-order valence-corrected chi connectivity index (χ4v) is 3.81. The monoisotopic (exact) mass is 304 g/mol. The molecule has 0 saturated carbocycles. The van der Waals surface area contributed by atoms with Crippen LogP contribution >= 0.6 is 40.4 Å². The highest BCUT2D eigenvalue weighted by molar-refractivity contribution is 8.76. The molecule has 0 aliphatic rings. The Bertz CT molecular complexity index is 223. The normalized spacial score (nSPS) is 14.4. The summed E-state index contributed by atoms with van der Waals surface area (Å²) < 4.78 is 0. The Hall–Kier alpha value is 0.420. The van der Waals surface area contributed by atoms with E-state index >= 15 is 0 Å². The summed E-state index contributed by atoms with van der Waals surface area (Å²) in [5, 5.41) is 22.6. The van der Waals surface area contributed by atoms with Crippen molar-refractivity contribution in [1.29, 1.82) is 0 Å². The number of hydrogen-bond acceptors (Lipinski definition) is 6. The molecule has 0 amide bonds. The summed E-state index contributed by atoms with van der Waals surface area (Å²) in [5.41, 5.74) is 0. The number of carboxylic acids is 2. The Labute approximate surface area is 106 Å². The second-order valence-electron chi connectivity index (χ2n) is 2.68. The third-order valence-electron chi connectivity index (χ3n) is 1.55. The highest BCUT2D eigenvalue weighted by Gasteiger charge is 2.17. The second-order valence-corrected chi connectivity index (χ2v) is 5.90. The molecule has 0 aromatic rings. The first-order chi connectivity index (χ1) is 7.52. The van der Waals surface area contributed by atoms with Gasteiger partial charge in [0.1, 0.15) is 12.1 Å². The van der Waals surface area contributed by atoms with Crippen LogP contribution in [0.2, 0.25) is 0 Å². The van der Waals surface area contributed by atoms with Crippen LogP contribution in [0.1, 0.15) is 0 Å². The Balaban J connectivity index is 3.73. The zero-order valence-corrected chi connectivity index (χ0v) is 12.2. The van der Waals surface area contributed by atoms with Crippen molar-refractivity contribution >= 4 is 52.3 Å². The minimum absolute atomic E-state index is 0.368. The largest absolute Gasteiger partial charge is 0.480 e. The summed E-state index contributed by atoms with van der Waals surface area (Å²) in [6.07, 6.45) is 0. The molecule has 3 unspecified atom stereocenters. The van der Waals surface area contributed by atoms with Crippen LogP contribution in [0.3, 0.4) is 0 Å². The molecule has 0 aliphatic carbocycles. The summed E-state index contributed by atoms with van der Waals surface area (Å²) in [5.74, 6) is -1.12. The molecule has 0 spiro atoms. The number of hydrogen-bond donors (Lipinski definition) is 4. The van der Waals surface area contributed by atoms with E-state index in [9.17, 15) is 9.59 Å². The number of carbonyl (C=O) groups is 2. The van der Waals surface area contributed by atoms with Crippen molar-refractivity contribution in [2.75, 3.05) is 11.5 Å². The van der Waals surface area contributed by atoms with Gasteiger partial charge in [-0.1, -0.05) is 40.4 Å². The molecular weight excluding hydrogens is 290 g/mol. The van der Waals surface area contributed by atoms with E-state index in [-0.39, 0.29) is 0 Å². The van der Waals surface area contributed by atoms with Crippen LogP contribution in [-0.4, -0.2) is 45.7 Å². The van der Waals surface area contributed by atoms with E-state index in [4.69, 9.17) is 10.2 Å². The van der Waals surface area contributed by atoms with E-state index in [2.05, 4.69) is 29.0 Å². The van der Waals surface area contributed by atoms with Crippen LogP contribution in [-0.2, 0) is 9.59 Å². The maximum Gasteiger partial charge on any atom is 0.321 e. The molecule has 0 aliphatic heterocycles. The molecule has 0 rings (SSSR count). The SMILES string of the molecule is O=C(O)C(CSSC[C@H](NP)C(=O)O)NP. The maximum atomic E-state index is 10.6. The number of nitrogens with one attached hydrogen (secondary N) is 2. The molecule has 0 saturated heterocycles. The lowest BCUT2D eigenvalue weighted by molar-refractivity contribution is -0.139. The predicted octanol–water partition coefficient (Wildman–Crippen LogP) is 0.0336. The highest BCUT2D eigenvalue weighted by atomic mass is 33.1. The zero-order chi connectivity index (χ0) is 12.6. The molecular formula is C6H14N2O4P2S2. The van der Waals surface area contributed by atoms with Gasteiger partial charge in [-0.05, 0) is 0 Å². The van der Waals surface area contributed by atoms with Gasteiger partial charge in [-0.25, -0.2) is 0 Å². The van der Waals surface area contributed by atoms with Crippen LogP contribution < -0.4 is 10.2 Å². The first-order valence-corrected chi connectivity index (χ1v) is 7.79. The molecule has 10 heteroatoms. The van der Waals surface area contributed by atoms with E-state index in [0.717, 1.165) is 0 Å². The zero-order valence-electron chi connectivity index (χ0n) is 8.25. The van der Waals surface area contributed by atoms with Crippen LogP contribution in [0.25, 0.3) is 0 Å². The van der Waals surface area contributed by atoms with Gasteiger partial charge >= 0.3 is 11.9 Å². The molecule has 0 radical (unpaired) electrons. The van der Waals surface area contributed by atoms with E-state index in [0.29, 0.717) is 11.5 Å². The molecule has 0 bridgehead atoms. The minimum Gasteiger partial charge on any atom is -0.480 e. The fourth-order valence-electron chi connectivity index (χ4n) is 0.614. The Morgan fingerprint density at radius 2 is 1.31 bits per heavy atom. The van der Waals surface area contributed by atoms with Crippen LogP contribution in [0.5, 0.6) is 0 Å². The Morgan fingerprint density at radius 1 is 1.00 bits per heavy atom. The first kappa shape index (κ1) is 16.4. The van der Waals surface area contributed by atoms with Crippen molar-refractivity contribution in [3.8, 4) is 0 Å². The predicted molar refractivity (Wildman–Crippen MR) is 73.5 cm³/mol. The van der Waals surface area contributed by atoms with Crippen LogP contribution in [0.4, 0.5) is 0 Å². The van der Waals surface area contributed by atoms with Crippen molar-refractivity contribution in [3.05, 3.63) is 0 Å². The summed E-state index contributed by atoms with van der Waals surface area (Å²) in [6, 6.07) is -1.29. The first-order valence-electron chi connectivity index (χ1n) is 4.15. The van der Waals surface area contributed by atoms with Crippen molar-refractivity contribution < 1.29 is 19.8 Å². The molecule has 6 nitrogen and oxygen atoms in total. The standard InChI is InChI=1S/C6H14N2O4P2S2/c9-5(10)3(7-13)1-15-16-2-4(8-14)6(11)12/h3-4,7-8H,1-2,13-14H2,(H,9,10)(H,11,12)/t3-,4?/m0/s1. The molecule has 94 valence electrons. The third kappa shape index (κ3) is 6.89. The lowest BCUT2D eigenvalue weighted by Crippen LogP contribution is -2.33. The van der Waals surface area contributed by atoms with Gasteiger partial charge in [-0.3, -0.25) is 19.8 Å². The van der Waals surface area contributed by atoms with Gasteiger partial charge in [0.05, 0.1) is 0 Å². The molecule has 4 N–H and O–H groups in total. The molecule has 0 aromatic heterocycles. The molecule has 0 aromatic carbocycles. The lowest BCUT2D eigenvalue weighted by Gasteiger charge is -2.12. The van der Waals surface area contributed by atoms with E-state index in [1.807, 2.05) is 0 Å². The minimum atomic E-state index is -0.929. The maximum absolute atomic E-state index is 10.6. The summed E-state index contributed by atoms with van der Waals surface area (Å²) >= 11 is 0. The Kier molecular flexibility index (Phi) is 9.70. The number of rotatable bonds is 9. The summed E-state index contributed by atoms with van der Waals surface area (Å²) in [6.45, 7) is 0. The lowest BCUT2D eigenvalue weighted by atomic mass is 10.4. The van der Waals surface area contributed by atoms with Gasteiger partial charge in [-0.15, -0.1) is 0 Å². The van der Waals surface area contributed by atoms with Gasteiger partial charge in [0, 0.05) is 11.5 Å². The molecule has 16 heavy (non-hydrogen) atoms. The van der Waals surface area contributed by atoms with Gasteiger partial charge in [0.15, 0.2) is 0 Å². The van der Waals surface area contributed by atoms with Gasteiger partial charge in [-0.2, -0.15) is 0 Å². The molecule has 0 heterocycles. The van der Waals surface area contributed by atoms with Gasteiger partial charge in [0.2, 0.25) is 0 Å². The van der Waals surface area contributed by atoms with Gasteiger partial charge in [0.25, 0.3) is 0 Å². The average Bonchev–Trinajstić information content (AvgIpc) is 2.22. The Morgan fingerprint density at radius 3 is 1.50 bits per heavy atom. The van der Waals surface area contributed by atoms with Crippen molar-refractivity contribution in [2.45, 2.75) is 12.1 Å². The van der Waals surface area contributed by atoms with Crippen molar-refractivity contribution in [1.82, 2.24) is 10.2 Å². The summed E-state index contributed by atoms with van der Waals surface area (Å²) in [7, 11) is 6.95. The summed E-state index contributed by atoms with van der Waals surface area (Å²) in [4.78, 5) is 21.2. The second kappa shape index (κ2) is 9.45. The number of aliphatic carboxylic acids is 2. The van der Waals surface area contributed by atoms with Crippen molar-refractivity contribution in [3.63, 3.8) is 0 Å². The van der Waals surface area contributed by atoms with Gasteiger partial charge < -0.3 is 10.2 Å². The van der Waals surface area contributed by atoms with Crippen LogP contribution in [0, 0.1) is 0 Å². The van der Waals surface area contributed by atoms with E-state index in [1.54, 1.807) is 0 Å². The van der Waals surface area contributed by atoms with Crippen molar-refractivity contribution in [2.24, 2.45) is 0 Å². The molecule has 4 atom stereocenters.